The fourth-order valence-electron chi connectivity index (χ4n) is 4.17. The van der Waals surface area contributed by atoms with Gasteiger partial charge in [0.05, 0.1) is 29.1 Å². The van der Waals surface area contributed by atoms with E-state index in [1.54, 1.807) is 21.4 Å². The molecule has 10 heteroatoms. The van der Waals surface area contributed by atoms with Crippen LogP contribution in [0.1, 0.15) is 67.2 Å². The van der Waals surface area contributed by atoms with Gasteiger partial charge in [0.25, 0.3) is 5.56 Å². The molecule has 0 N–H and O–H groups in total. The molecule has 2 bridgehead atoms. The van der Waals surface area contributed by atoms with Gasteiger partial charge in [0, 0.05) is 12.7 Å². The van der Waals surface area contributed by atoms with Crippen molar-refractivity contribution >= 4 is 35.2 Å². The third-order valence-electron chi connectivity index (χ3n) is 6.53. The van der Waals surface area contributed by atoms with Gasteiger partial charge in [0.15, 0.2) is 18.2 Å². The minimum atomic E-state index is -0.738. The minimum Gasteiger partial charge on any atom is -0.443 e. The molecule has 0 fully saturated rings. The van der Waals surface area contributed by atoms with Crippen molar-refractivity contribution in [2.45, 2.75) is 93.3 Å². The Morgan fingerprint density at radius 2 is 1.57 bits per heavy atom. The molecule has 1 aliphatic heterocycles. The first kappa shape index (κ1) is 27.1. The van der Waals surface area contributed by atoms with Gasteiger partial charge in [-0.1, -0.05) is 12.8 Å². The zero-order valence-corrected chi connectivity index (χ0v) is 22.4. The number of nitrogens with zero attached hydrogens (tertiary/aromatic N) is 3. The highest BCUT2D eigenvalue weighted by Crippen LogP contribution is 2.30. The summed E-state index contributed by atoms with van der Waals surface area (Å²) in [5.41, 5.74) is -0.919. The largest absolute Gasteiger partial charge is 0.443 e. The number of cyclic esters (lactones) is 2. The topological polar surface area (TPSA) is 93.7 Å². The summed E-state index contributed by atoms with van der Waals surface area (Å²) in [7, 11) is 0. The van der Waals surface area contributed by atoms with E-state index in [0.29, 0.717) is 37.0 Å². The molecule has 0 saturated heterocycles. The maximum absolute atomic E-state index is 13.5. The third kappa shape index (κ3) is 6.03. The summed E-state index contributed by atoms with van der Waals surface area (Å²) in [6.45, 7) is 11.6. The molecule has 0 spiro atoms. The maximum Gasteiger partial charge on any atom is 0.313 e. The van der Waals surface area contributed by atoms with Crippen LogP contribution in [-0.4, -0.2) is 38.4 Å². The molecule has 35 heavy (non-hydrogen) atoms. The molecule has 2 aromatic heterocycles. The van der Waals surface area contributed by atoms with Gasteiger partial charge >= 0.3 is 11.9 Å². The Labute approximate surface area is 211 Å². The Morgan fingerprint density at radius 3 is 2.14 bits per heavy atom. The quantitative estimate of drug-likeness (QED) is 0.448. The first-order chi connectivity index (χ1) is 16.3. The molecule has 0 aliphatic carbocycles. The Bertz CT molecular complexity index is 1200. The highest BCUT2D eigenvalue weighted by molar-refractivity contribution is 7.71. The molecule has 0 aromatic carbocycles. The van der Waals surface area contributed by atoms with E-state index >= 15 is 0 Å². The van der Waals surface area contributed by atoms with Crippen LogP contribution in [0.25, 0.3) is 11.0 Å². The Balaban J connectivity index is 2.10. The molecule has 0 radical (unpaired) electrons. The first-order valence-electron chi connectivity index (χ1n) is 12.1. The van der Waals surface area contributed by atoms with Gasteiger partial charge < -0.3 is 23.3 Å². The highest BCUT2D eigenvalue weighted by atomic mass is 32.1. The number of fused-ring (bicyclic) bond motifs is 1. The number of carbonyl (C=O) groups excluding carboxylic acids is 2. The molecule has 0 amide bonds. The van der Waals surface area contributed by atoms with Crippen molar-refractivity contribution in [1.29, 1.82) is 0 Å². The number of esters is 2. The van der Waals surface area contributed by atoms with E-state index in [1.807, 2.05) is 41.5 Å². The number of ether oxygens (including phenoxy) is 3. The predicted octanol–water partition coefficient (Wildman–Crippen LogP) is 4.39. The zero-order chi connectivity index (χ0) is 26.0. The lowest BCUT2D eigenvalue weighted by Gasteiger charge is -2.26. The van der Waals surface area contributed by atoms with Crippen LogP contribution in [0.15, 0.2) is 17.1 Å². The van der Waals surface area contributed by atoms with Crippen LogP contribution in [0, 0.1) is 15.6 Å². The average Bonchev–Trinajstić information content (AvgIpc) is 3.20. The Morgan fingerprint density at radius 1 is 1.00 bits per heavy atom. The Kier molecular flexibility index (Phi) is 8.26. The summed E-state index contributed by atoms with van der Waals surface area (Å²) >= 11 is 5.64. The monoisotopic (exact) mass is 507 g/mol. The lowest BCUT2D eigenvalue weighted by Crippen LogP contribution is -2.33. The molecule has 1 aliphatic rings. The second kappa shape index (κ2) is 10.7. The van der Waals surface area contributed by atoms with Crippen LogP contribution in [0.3, 0.4) is 0 Å². The molecular weight excluding hydrogens is 470 g/mol. The van der Waals surface area contributed by atoms with E-state index in [9.17, 15) is 14.4 Å². The van der Waals surface area contributed by atoms with Gasteiger partial charge in [0.1, 0.15) is 5.52 Å². The van der Waals surface area contributed by atoms with Gasteiger partial charge in [-0.2, -0.15) is 0 Å². The van der Waals surface area contributed by atoms with E-state index in [1.165, 1.54) is 4.57 Å². The van der Waals surface area contributed by atoms with Crippen LogP contribution in [0.2, 0.25) is 0 Å². The summed E-state index contributed by atoms with van der Waals surface area (Å²) in [6.07, 6.45) is 4.50. The summed E-state index contributed by atoms with van der Waals surface area (Å²) in [5.74, 6) is -0.724. The lowest BCUT2D eigenvalue weighted by molar-refractivity contribution is -0.160. The number of hydrogen-bond donors (Lipinski definition) is 0. The second-order valence-electron chi connectivity index (χ2n) is 10.7. The summed E-state index contributed by atoms with van der Waals surface area (Å²) in [5, 5.41) is 0. The Hall–Kier alpha value is -2.46. The van der Waals surface area contributed by atoms with Crippen molar-refractivity contribution in [3.8, 4) is 0 Å². The SMILES string of the molecule is CC(C)OCCn1c(=S)n2c(=O)c3c1ccn3COC(=O)C(C)(C)CCCCC(C)(C)C(=O)OC2. The fourth-order valence-corrected chi connectivity index (χ4v) is 4.50. The summed E-state index contributed by atoms with van der Waals surface area (Å²) in [6, 6.07) is 1.77. The number of aromatic nitrogens is 3. The van der Waals surface area contributed by atoms with Crippen LogP contribution < -0.4 is 5.56 Å². The van der Waals surface area contributed by atoms with Gasteiger partial charge in [-0.3, -0.25) is 14.4 Å². The maximum atomic E-state index is 13.5. The first-order valence-corrected chi connectivity index (χ1v) is 12.5. The molecule has 9 nitrogen and oxygen atoms in total. The van der Waals surface area contributed by atoms with Crippen molar-refractivity contribution in [2.24, 2.45) is 10.8 Å². The molecule has 3 rings (SSSR count). The molecule has 0 atom stereocenters. The van der Waals surface area contributed by atoms with Crippen LogP contribution >= 0.6 is 12.2 Å². The molecule has 3 heterocycles. The van der Waals surface area contributed by atoms with Gasteiger partial charge in [0.2, 0.25) is 0 Å². The minimum absolute atomic E-state index is 0.0414. The highest BCUT2D eigenvalue weighted by Gasteiger charge is 2.32. The van der Waals surface area contributed by atoms with Gasteiger partial charge in [-0.05, 0) is 72.7 Å². The molecular formula is C25H37N3O6S. The number of rotatable bonds is 4. The van der Waals surface area contributed by atoms with Crippen molar-refractivity contribution in [3.63, 3.8) is 0 Å². The van der Waals surface area contributed by atoms with Gasteiger partial charge in [-0.25, -0.2) is 4.57 Å². The smallest absolute Gasteiger partial charge is 0.313 e. The second-order valence-corrected chi connectivity index (χ2v) is 11.1. The zero-order valence-electron chi connectivity index (χ0n) is 21.6. The molecule has 0 unspecified atom stereocenters. The molecule has 0 saturated carbocycles. The van der Waals surface area contributed by atoms with Crippen molar-refractivity contribution in [3.05, 3.63) is 27.4 Å². The van der Waals surface area contributed by atoms with E-state index in [4.69, 9.17) is 26.4 Å². The molecule has 194 valence electrons. The average molecular weight is 508 g/mol. The summed E-state index contributed by atoms with van der Waals surface area (Å²) in [4.78, 5) is 39.3. The lowest BCUT2D eigenvalue weighted by atomic mass is 9.83. The van der Waals surface area contributed by atoms with Crippen molar-refractivity contribution in [1.82, 2.24) is 13.7 Å². The van der Waals surface area contributed by atoms with E-state index in [-0.39, 0.29) is 30.3 Å². The molecule has 2 aromatic rings. The van der Waals surface area contributed by atoms with Crippen LogP contribution in [0.4, 0.5) is 0 Å². The number of carbonyl (C=O) groups is 2. The van der Waals surface area contributed by atoms with E-state index in [2.05, 4.69) is 0 Å². The fraction of sp³-hybridized carbons (Fsp3) is 0.680. The summed E-state index contributed by atoms with van der Waals surface area (Å²) < 4.78 is 21.8. The number of hydrogen-bond acceptors (Lipinski definition) is 7. The van der Waals surface area contributed by atoms with Crippen molar-refractivity contribution < 1.29 is 23.8 Å². The van der Waals surface area contributed by atoms with E-state index in [0.717, 1.165) is 12.8 Å². The third-order valence-corrected chi connectivity index (χ3v) is 6.97. The predicted molar refractivity (Wildman–Crippen MR) is 134 cm³/mol. The van der Waals surface area contributed by atoms with Crippen LogP contribution in [0.5, 0.6) is 0 Å². The van der Waals surface area contributed by atoms with Crippen molar-refractivity contribution in [2.75, 3.05) is 6.61 Å². The normalized spacial score (nSPS) is 19.2. The van der Waals surface area contributed by atoms with E-state index < -0.39 is 22.4 Å². The standard InChI is InChI=1S/C25H37N3O6S/c1-17(2)32-14-13-27-18-9-12-26-15-33-21(30)24(3,4)10-7-8-11-25(5,6)22(31)34-16-28(23(27)35)20(29)19(18)26/h9,12,17H,7-8,10-11,13-16H2,1-6H3. The van der Waals surface area contributed by atoms with Gasteiger partial charge in [-0.15, -0.1) is 0 Å². The van der Waals surface area contributed by atoms with Crippen LogP contribution in [-0.2, 0) is 43.8 Å².